The molecule has 2 amide bonds. The molecule has 1 aliphatic heterocycles. The minimum absolute atomic E-state index is 0.0142. The third-order valence-electron chi connectivity index (χ3n) is 5.70. The van der Waals surface area contributed by atoms with Gasteiger partial charge in [0, 0.05) is 29.8 Å². The first-order valence-corrected chi connectivity index (χ1v) is 9.68. The van der Waals surface area contributed by atoms with E-state index >= 15 is 0 Å². The molecule has 2 atom stereocenters. The molecule has 1 heterocycles. The summed E-state index contributed by atoms with van der Waals surface area (Å²) in [5.74, 6) is -0.216. The molecule has 5 heteroatoms. The third-order valence-corrected chi connectivity index (χ3v) is 5.95. The van der Waals surface area contributed by atoms with Gasteiger partial charge in [0.15, 0.2) is 0 Å². The number of nitrogens with two attached hydrogens (primary N) is 1. The van der Waals surface area contributed by atoms with Crippen molar-refractivity contribution in [2.24, 2.45) is 5.73 Å². The third kappa shape index (κ3) is 4.33. The lowest BCUT2D eigenvalue weighted by atomic mass is 9.69. The van der Waals surface area contributed by atoms with Crippen LogP contribution in [0.5, 0.6) is 0 Å². The number of likely N-dealkylation sites (tertiary alicyclic amines) is 1. The van der Waals surface area contributed by atoms with E-state index in [-0.39, 0.29) is 29.7 Å². The molecule has 0 aromatic heterocycles. The van der Waals surface area contributed by atoms with Crippen LogP contribution >= 0.6 is 11.6 Å². The summed E-state index contributed by atoms with van der Waals surface area (Å²) in [7, 11) is 0. The molecule has 0 radical (unpaired) electrons. The van der Waals surface area contributed by atoms with Crippen molar-refractivity contribution in [3.63, 3.8) is 0 Å². The average Bonchev–Trinajstić information content (AvgIpc) is 2.67. The number of benzene rings is 2. The fourth-order valence-electron chi connectivity index (χ4n) is 4.03. The zero-order valence-corrected chi connectivity index (χ0v) is 16.3. The van der Waals surface area contributed by atoms with Crippen LogP contribution < -0.4 is 5.73 Å². The van der Waals surface area contributed by atoms with Crippen LogP contribution in [0.15, 0.2) is 54.6 Å². The van der Waals surface area contributed by atoms with Gasteiger partial charge >= 0.3 is 0 Å². The molecule has 142 valence electrons. The number of carbonyl (C=O) groups excluding carboxylic acids is 2. The molecule has 27 heavy (non-hydrogen) atoms. The monoisotopic (exact) mass is 384 g/mol. The largest absolute Gasteiger partial charge is 0.370 e. The Morgan fingerprint density at radius 2 is 1.85 bits per heavy atom. The number of primary amides is 1. The van der Waals surface area contributed by atoms with E-state index in [1.807, 2.05) is 66.4 Å². The van der Waals surface area contributed by atoms with Crippen LogP contribution in [0.25, 0.3) is 0 Å². The van der Waals surface area contributed by atoms with Gasteiger partial charge < -0.3 is 10.6 Å². The van der Waals surface area contributed by atoms with Crippen molar-refractivity contribution in [2.75, 3.05) is 6.54 Å². The van der Waals surface area contributed by atoms with Crippen LogP contribution in [-0.4, -0.2) is 23.3 Å². The van der Waals surface area contributed by atoms with Gasteiger partial charge in [0.1, 0.15) is 0 Å². The topological polar surface area (TPSA) is 63.4 Å². The zero-order chi connectivity index (χ0) is 19.4. The van der Waals surface area contributed by atoms with Gasteiger partial charge in [-0.3, -0.25) is 9.59 Å². The minimum atomic E-state index is -0.330. The molecule has 0 unspecified atom stereocenters. The predicted molar refractivity (Wildman–Crippen MR) is 107 cm³/mol. The molecule has 2 aromatic rings. The Bertz CT molecular complexity index is 807. The number of halogens is 1. The summed E-state index contributed by atoms with van der Waals surface area (Å²) in [6.07, 6.45) is 2.09. The number of hydrogen-bond acceptors (Lipinski definition) is 2. The van der Waals surface area contributed by atoms with Gasteiger partial charge in [0.2, 0.25) is 11.8 Å². The second-order valence-electron chi connectivity index (χ2n) is 7.35. The Kier molecular flexibility index (Phi) is 5.85. The van der Waals surface area contributed by atoms with Crippen molar-refractivity contribution >= 4 is 23.4 Å². The molecule has 4 nitrogen and oxygen atoms in total. The maximum atomic E-state index is 13.1. The van der Waals surface area contributed by atoms with E-state index in [4.69, 9.17) is 17.3 Å². The van der Waals surface area contributed by atoms with E-state index in [0.717, 1.165) is 17.5 Å². The molecule has 2 aromatic carbocycles. The number of rotatable bonds is 6. The Labute approximate surface area is 165 Å². The summed E-state index contributed by atoms with van der Waals surface area (Å²) in [6, 6.07) is 17.6. The lowest BCUT2D eigenvalue weighted by Crippen LogP contribution is -2.47. The van der Waals surface area contributed by atoms with E-state index in [2.05, 4.69) is 0 Å². The highest BCUT2D eigenvalue weighted by atomic mass is 35.5. The van der Waals surface area contributed by atoms with Crippen LogP contribution in [0, 0.1) is 0 Å². The first-order valence-electron chi connectivity index (χ1n) is 9.30. The highest BCUT2D eigenvalue weighted by Gasteiger charge is 2.41. The standard InChI is InChI=1S/C22H25ClN2O2/c1-16(17-7-9-19(23)10-8-17)25-14-13-22(15-21(25)27,12-11-20(24)26)18-5-3-2-4-6-18/h2-10,16H,11-15H2,1H3,(H2,24,26)/t16-,22+/m0/s1. The SMILES string of the molecule is C[C@@H](c1ccc(Cl)cc1)N1CC[C@@](CCC(N)=O)(c2ccccc2)CC1=O. The molecule has 0 saturated carbocycles. The molecule has 1 aliphatic rings. The Hall–Kier alpha value is -2.33. The molecule has 2 N–H and O–H groups in total. The molecule has 3 rings (SSSR count). The van der Waals surface area contributed by atoms with E-state index in [9.17, 15) is 9.59 Å². The normalized spacial score (nSPS) is 21.1. The highest BCUT2D eigenvalue weighted by Crippen LogP contribution is 2.42. The number of amides is 2. The molecule has 0 aliphatic carbocycles. The van der Waals surface area contributed by atoms with Gasteiger partial charge in [-0.25, -0.2) is 0 Å². The number of hydrogen-bond donors (Lipinski definition) is 1. The number of carbonyl (C=O) groups is 2. The molecule has 1 fully saturated rings. The van der Waals surface area contributed by atoms with Crippen molar-refractivity contribution in [3.8, 4) is 0 Å². The van der Waals surface area contributed by atoms with E-state index in [1.54, 1.807) is 0 Å². The maximum Gasteiger partial charge on any atom is 0.223 e. The van der Waals surface area contributed by atoms with Crippen LogP contribution in [0.1, 0.15) is 49.8 Å². The average molecular weight is 385 g/mol. The number of piperidine rings is 1. The zero-order valence-electron chi connectivity index (χ0n) is 15.5. The van der Waals surface area contributed by atoms with Gasteiger partial charge in [0.05, 0.1) is 6.04 Å². The predicted octanol–water partition coefficient (Wildman–Crippen LogP) is 4.23. The van der Waals surface area contributed by atoms with Gasteiger partial charge in [-0.2, -0.15) is 0 Å². The number of nitrogens with zero attached hydrogens (tertiary/aromatic N) is 1. The summed E-state index contributed by atoms with van der Waals surface area (Å²) < 4.78 is 0. The maximum absolute atomic E-state index is 13.1. The quantitative estimate of drug-likeness (QED) is 0.810. The molecular formula is C22H25ClN2O2. The van der Waals surface area contributed by atoms with Crippen molar-refractivity contribution in [1.82, 2.24) is 4.90 Å². The lowest BCUT2D eigenvalue weighted by molar-refractivity contribution is -0.139. The van der Waals surface area contributed by atoms with E-state index < -0.39 is 0 Å². The van der Waals surface area contributed by atoms with Crippen molar-refractivity contribution in [1.29, 1.82) is 0 Å². The van der Waals surface area contributed by atoms with Crippen molar-refractivity contribution in [2.45, 2.75) is 44.1 Å². The lowest BCUT2D eigenvalue weighted by Gasteiger charge is -2.44. The van der Waals surface area contributed by atoms with Crippen LogP contribution in [0.3, 0.4) is 0 Å². The first-order chi connectivity index (χ1) is 12.9. The fraction of sp³-hybridized carbons (Fsp3) is 0.364. The molecular weight excluding hydrogens is 360 g/mol. The molecule has 0 bridgehead atoms. The minimum Gasteiger partial charge on any atom is -0.370 e. The smallest absolute Gasteiger partial charge is 0.223 e. The van der Waals surface area contributed by atoms with Crippen LogP contribution in [0.2, 0.25) is 5.02 Å². The summed E-state index contributed by atoms with van der Waals surface area (Å²) in [5, 5.41) is 0.686. The van der Waals surface area contributed by atoms with Crippen LogP contribution in [-0.2, 0) is 15.0 Å². The van der Waals surface area contributed by atoms with Gasteiger partial charge in [0.25, 0.3) is 0 Å². The summed E-state index contributed by atoms with van der Waals surface area (Å²) in [4.78, 5) is 26.4. The van der Waals surface area contributed by atoms with Gasteiger partial charge in [-0.05, 0) is 43.0 Å². The Morgan fingerprint density at radius 3 is 2.44 bits per heavy atom. The van der Waals surface area contributed by atoms with Crippen molar-refractivity contribution in [3.05, 3.63) is 70.7 Å². The molecule has 0 spiro atoms. The fourth-order valence-corrected chi connectivity index (χ4v) is 4.15. The summed E-state index contributed by atoms with van der Waals surface area (Å²) in [5.41, 5.74) is 7.25. The summed E-state index contributed by atoms with van der Waals surface area (Å²) in [6.45, 7) is 2.69. The first kappa shape index (κ1) is 19.4. The second kappa shape index (κ2) is 8.13. The Morgan fingerprint density at radius 1 is 1.19 bits per heavy atom. The molecule has 1 saturated heterocycles. The second-order valence-corrected chi connectivity index (χ2v) is 7.79. The van der Waals surface area contributed by atoms with Crippen LogP contribution in [0.4, 0.5) is 0 Å². The van der Waals surface area contributed by atoms with E-state index in [0.29, 0.717) is 24.4 Å². The van der Waals surface area contributed by atoms with Gasteiger partial charge in [-0.1, -0.05) is 54.1 Å². The summed E-state index contributed by atoms with van der Waals surface area (Å²) >= 11 is 5.98. The highest BCUT2D eigenvalue weighted by molar-refractivity contribution is 6.30. The Balaban J connectivity index is 1.82. The van der Waals surface area contributed by atoms with Crippen molar-refractivity contribution < 1.29 is 9.59 Å². The van der Waals surface area contributed by atoms with E-state index in [1.165, 1.54) is 0 Å². The van der Waals surface area contributed by atoms with Gasteiger partial charge in [-0.15, -0.1) is 0 Å².